The van der Waals surface area contributed by atoms with E-state index in [2.05, 4.69) is 25.1 Å². The third-order valence-corrected chi connectivity index (χ3v) is 8.38. The highest BCUT2D eigenvalue weighted by Crippen LogP contribution is 2.48. The fourth-order valence-corrected chi connectivity index (χ4v) is 5.92. The largest absolute Gasteiger partial charge is 0.417 e. The van der Waals surface area contributed by atoms with Gasteiger partial charge < -0.3 is 0 Å². The molecule has 198 valence electrons. The maximum Gasteiger partial charge on any atom is 0.417 e. The summed E-state index contributed by atoms with van der Waals surface area (Å²) in [5.41, 5.74) is 0.694. The minimum absolute atomic E-state index is 0.00520. The number of pyridine rings is 2. The number of nitrogens with one attached hydrogen (secondary N) is 1. The topological polar surface area (TPSA) is 105 Å². The van der Waals surface area contributed by atoms with Crippen LogP contribution in [-0.4, -0.2) is 33.6 Å². The molecule has 1 N–H and O–H groups in total. The van der Waals surface area contributed by atoms with Crippen LogP contribution in [0.3, 0.4) is 0 Å². The molecule has 5 aromatic rings. The first-order valence-electron chi connectivity index (χ1n) is 12.1. The SMILES string of the molecule is O=S(=O)(c1ccc(-c2ncn[nH]2)cc1)N(Cc1ccc(C(F)(F)F)cn1)c1ncc2ccccc2c1C1CC1. The molecule has 0 radical (unpaired) electrons. The maximum atomic E-state index is 14.1. The number of H-pyrrole nitrogens is 1. The zero-order valence-electron chi connectivity index (χ0n) is 20.3. The summed E-state index contributed by atoms with van der Waals surface area (Å²) in [6, 6.07) is 15.8. The third kappa shape index (κ3) is 4.83. The Kier molecular flexibility index (Phi) is 6.06. The molecule has 3 heterocycles. The molecule has 3 aromatic heterocycles. The lowest BCUT2D eigenvalue weighted by atomic mass is 10.0. The number of hydrogen-bond acceptors (Lipinski definition) is 6. The predicted octanol–water partition coefficient (Wildman–Crippen LogP) is 5.71. The van der Waals surface area contributed by atoms with Crippen molar-refractivity contribution in [2.45, 2.75) is 36.4 Å². The van der Waals surface area contributed by atoms with Crippen LogP contribution in [-0.2, 0) is 22.7 Å². The fraction of sp³-hybridized carbons (Fsp3) is 0.185. The molecule has 1 saturated carbocycles. The molecule has 0 amide bonds. The van der Waals surface area contributed by atoms with Crippen molar-refractivity contribution in [2.75, 3.05) is 4.31 Å². The summed E-state index contributed by atoms with van der Waals surface area (Å²) in [4.78, 5) is 12.6. The van der Waals surface area contributed by atoms with Crippen LogP contribution < -0.4 is 4.31 Å². The van der Waals surface area contributed by atoms with Crippen molar-refractivity contribution >= 4 is 26.6 Å². The average Bonchev–Trinajstić information content (AvgIpc) is 3.62. The molecule has 2 aromatic carbocycles. The highest BCUT2D eigenvalue weighted by atomic mass is 32.2. The van der Waals surface area contributed by atoms with Crippen molar-refractivity contribution in [3.05, 3.63) is 96.2 Å². The first kappa shape index (κ1) is 25.0. The Morgan fingerprint density at radius 2 is 1.69 bits per heavy atom. The average molecular weight is 551 g/mol. The first-order valence-corrected chi connectivity index (χ1v) is 13.5. The lowest BCUT2D eigenvalue weighted by molar-refractivity contribution is -0.137. The second-order valence-electron chi connectivity index (χ2n) is 9.26. The quantitative estimate of drug-likeness (QED) is 0.279. The van der Waals surface area contributed by atoms with Gasteiger partial charge in [-0.3, -0.25) is 10.1 Å². The van der Waals surface area contributed by atoms with E-state index in [9.17, 15) is 21.6 Å². The Hall–Kier alpha value is -4.32. The molecular formula is C27H21F3N6O2S. The number of aromatic nitrogens is 5. The summed E-state index contributed by atoms with van der Waals surface area (Å²) in [5, 5.41) is 8.32. The molecule has 12 heteroatoms. The molecular weight excluding hydrogens is 529 g/mol. The van der Waals surface area contributed by atoms with E-state index < -0.39 is 21.8 Å². The number of rotatable bonds is 7. The number of sulfonamides is 1. The highest BCUT2D eigenvalue weighted by molar-refractivity contribution is 7.92. The number of alkyl halides is 3. The third-order valence-electron chi connectivity index (χ3n) is 6.63. The minimum Gasteiger partial charge on any atom is -0.259 e. The molecule has 0 aliphatic heterocycles. The Bertz CT molecular complexity index is 1740. The van der Waals surface area contributed by atoms with E-state index in [4.69, 9.17) is 0 Å². The Labute approximate surface area is 221 Å². The van der Waals surface area contributed by atoms with Gasteiger partial charge in [-0.05, 0) is 60.5 Å². The van der Waals surface area contributed by atoms with Crippen LogP contribution in [0.2, 0.25) is 0 Å². The van der Waals surface area contributed by atoms with Gasteiger partial charge in [0.15, 0.2) is 5.82 Å². The van der Waals surface area contributed by atoms with E-state index >= 15 is 0 Å². The van der Waals surface area contributed by atoms with Crippen LogP contribution >= 0.6 is 0 Å². The molecule has 0 bridgehead atoms. The number of anilines is 1. The van der Waals surface area contributed by atoms with Gasteiger partial charge in [0.2, 0.25) is 0 Å². The molecule has 1 fully saturated rings. The summed E-state index contributed by atoms with van der Waals surface area (Å²) in [6.45, 7) is -0.296. The normalized spacial score (nSPS) is 14.0. The second-order valence-corrected chi connectivity index (χ2v) is 11.1. The zero-order chi connectivity index (χ0) is 27.2. The summed E-state index contributed by atoms with van der Waals surface area (Å²) in [5.74, 6) is 0.861. The van der Waals surface area contributed by atoms with E-state index in [1.807, 2.05) is 24.3 Å². The van der Waals surface area contributed by atoms with Crippen molar-refractivity contribution in [1.82, 2.24) is 25.1 Å². The fourth-order valence-electron chi connectivity index (χ4n) is 4.51. The molecule has 0 atom stereocenters. The summed E-state index contributed by atoms with van der Waals surface area (Å²) in [7, 11) is -4.21. The van der Waals surface area contributed by atoms with Gasteiger partial charge in [0.05, 0.1) is 22.7 Å². The lowest BCUT2D eigenvalue weighted by Gasteiger charge is -2.26. The van der Waals surface area contributed by atoms with Gasteiger partial charge in [0, 0.05) is 28.9 Å². The van der Waals surface area contributed by atoms with Gasteiger partial charge in [0.1, 0.15) is 12.1 Å². The molecule has 1 aliphatic carbocycles. The molecule has 39 heavy (non-hydrogen) atoms. The van der Waals surface area contributed by atoms with Gasteiger partial charge in [-0.25, -0.2) is 22.7 Å². The minimum atomic E-state index is -4.55. The van der Waals surface area contributed by atoms with Crippen molar-refractivity contribution in [3.63, 3.8) is 0 Å². The van der Waals surface area contributed by atoms with E-state index in [0.717, 1.165) is 39.5 Å². The summed E-state index contributed by atoms with van der Waals surface area (Å²) >= 11 is 0. The van der Waals surface area contributed by atoms with E-state index in [-0.39, 0.29) is 28.9 Å². The Morgan fingerprint density at radius 3 is 2.33 bits per heavy atom. The van der Waals surface area contributed by atoms with Gasteiger partial charge in [-0.1, -0.05) is 24.3 Å². The molecule has 8 nitrogen and oxygen atoms in total. The van der Waals surface area contributed by atoms with Crippen LogP contribution in [0.5, 0.6) is 0 Å². The molecule has 0 saturated heterocycles. The van der Waals surface area contributed by atoms with Crippen molar-refractivity contribution in [2.24, 2.45) is 0 Å². The second kappa shape index (κ2) is 9.45. The van der Waals surface area contributed by atoms with Gasteiger partial charge in [-0.2, -0.15) is 18.3 Å². The number of hydrogen-bond donors (Lipinski definition) is 1. The van der Waals surface area contributed by atoms with Crippen LogP contribution in [0.1, 0.15) is 35.6 Å². The van der Waals surface area contributed by atoms with Crippen molar-refractivity contribution in [1.29, 1.82) is 0 Å². The standard InChI is InChI=1S/C27H21F3N6O2S/c28-27(29,30)20-9-10-21(31-14-20)15-36(26-24(17-5-6-17)23-4-2-1-3-19(23)13-32-26)39(37,38)22-11-7-18(8-12-22)25-33-16-34-35-25/h1-4,7-14,16-17H,5-6,15H2,(H,33,34,35). The van der Waals surface area contributed by atoms with E-state index in [1.165, 1.54) is 24.5 Å². The number of benzene rings is 2. The zero-order valence-corrected chi connectivity index (χ0v) is 21.1. The smallest absolute Gasteiger partial charge is 0.259 e. The lowest BCUT2D eigenvalue weighted by Crippen LogP contribution is -2.32. The summed E-state index contributed by atoms with van der Waals surface area (Å²) in [6.07, 6.45) is 0.904. The number of aromatic amines is 1. The van der Waals surface area contributed by atoms with Crippen molar-refractivity contribution < 1.29 is 21.6 Å². The summed E-state index contributed by atoms with van der Waals surface area (Å²) < 4.78 is 68.8. The van der Waals surface area contributed by atoms with Gasteiger partial charge >= 0.3 is 6.18 Å². The Morgan fingerprint density at radius 1 is 0.923 bits per heavy atom. The molecule has 0 unspecified atom stereocenters. The van der Waals surface area contributed by atoms with Gasteiger partial charge in [-0.15, -0.1) is 0 Å². The first-order chi connectivity index (χ1) is 18.7. The van der Waals surface area contributed by atoms with Crippen LogP contribution in [0.25, 0.3) is 22.2 Å². The highest BCUT2D eigenvalue weighted by Gasteiger charge is 2.36. The molecule has 0 spiro atoms. The molecule has 1 aliphatic rings. The number of fused-ring (bicyclic) bond motifs is 1. The number of nitrogens with zero attached hydrogens (tertiary/aromatic N) is 5. The monoisotopic (exact) mass is 550 g/mol. The van der Waals surface area contributed by atoms with E-state index in [1.54, 1.807) is 18.3 Å². The van der Waals surface area contributed by atoms with Crippen LogP contribution in [0, 0.1) is 0 Å². The van der Waals surface area contributed by atoms with Crippen LogP contribution in [0.15, 0.2) is 84.3 Å². The van der Waals surface area contributed by atoms with Crippen molar-refractivity contribution in [3.8, 4) is 11.4 Å². The van der Waals surface area contributed by atoms with Crippen LogP contribution in [0.4, 0.5) is 19.0 Å². The predicted molar refractivity (Wildman–Crippen MR) is 138 cm³/mol. The molecule has 6 rings (SSSR count). The maximum absolute atomic E-state index is 14.1. The van der Waals surface area contributed by atoms with E-state index in [0.29, 0.717) is 17.6 Å². The van der Waals surface area contributed by atoms with Gasteiger partial charge in [0.25, 0.3) is 10.0 Å². The Balaban J connectivity index is 1.47. The number of halogens is 3.